The fourth-order valence-electron chi connectivity index (χ4n) is 2.83. The van der Waals surface area contributed by atoms with Gasteiger partial charge in [-0.15, -0.1) is 0 Å². The van der Waals surface area contributed by atoms with E-state index in [0.717, 1.165) is 28.5 Å². The van der Waals surface area contributed by atoms with Crippen molar-refractivity contribution in [3.63, 3.8) is 0 Å². The molecule has 0 spiro atoms. The second kappa shape index (κ2) is 9.27. The summed E-state index contributed by atoms with van der Waals surface area (Å²) in [6.07, 6.45) is 2.81. The van der Waals surface area contributed by atoms with Crippen LogP contribution < -0.4 is 5.32 Å². The fourth-order valence-corrected chi connectivity index (χ4v) is 4.49. The third-order valence-electron chi connectivity index (χ3n) is 4.24. The van der Waals surface area contributed by atoms with Crippen molar-refractivity contribution in [1.82, 2.24) is 10.2 Å². The van der Waals surface area contributed by atoms with Gasteiger partial charge < -0.3 is 5.32 Å². The largest absolute Gasteiger partial charge is 0.350 e. The predicted octanol–water partition coefficient (Wildman–Crippen LogP) is 2.70. The van der Waals surface area contributed by atoms with E-state index in [-0.39, 0.29) is 35.9 Å². The summed E-state index contributed by atoms with van der Waals surface area (Å²) in [5, 5.41) is 2.29. The van der Waals surface area contributed by atoms with Crippen molar-refractivity contribution in [2.75, 3.05) is 19.3 Å². The molecule has 0 atom stereocenters. The van der Waals surface area contributed by atoms with Crippen molar-refractivity contribution >= 4 is 44.7 Å². The van der Waals surface area contributed by atoms with Crippen molar-refractivity contribution in [1.29, 1.82) is 0 Å². The summed E-state index contributed by atoms with van der Waals surface area (Å²) in [6, 6.07) is 15.5. The molecule has 30 heavy (non-hydrogen) atoms. The van der Waals surface area contributed by atoms with Crippen LogP contribution in [0.3, 0.4) is 0 Å². The third kappa shape index (κ3) is 5.80. The summed E-state index contributed by atoms with van der Waals surface area (Å²) < 4.78 is 22.6. The first-order chi connectivity index (χ1) is 14.2. The van der Waals surface area contributed by atoms with Crippen LogP contribution in [0.15, 0.2) is 59.5 Å². The lowest BCUT2D eigenvalue weighted by atomic mass is 10.1. The molecule has 2 aromatic carbocycles. The van der Waals surface area contributed by atoms with Crippen LogP contribution in [0.2, 0.25) is 0 Å². The maximum atomic E-state index is 12.5. The molecule has 2 aromatic rings. The van der Waals surface area contributed by atoms with Crippen molar-refractivity contribution in [3.05, 3.63) is 76.2 Å². The number of hydrogen-bond acceptors (Lipinski definition) is 6. The van der Waals surface area contributed by atoms with Crippen molar-refractivity contribution in [2.24, 2.45) is 0 Å². The molecule has 3 amide bonds. The molecule has 0 aliphatic carbocycles. The van der Waals surface area contributed by atoms with E-state index in [2.05, 4.69) is 5.32 Å². The molecule has 0 saturated carbocycles. The molecule has 1 heterocycles. The standard InChI is InChI=1S/C21H20N2O5S2/c1-30(27,28)14-16-7-9-17(10-8-16)19(24)22-11-12-23-20(25)18(29-21(23)26)13-15-5-3-2-4-6-15/h2-10,13H,11-12,14H2,1H3,(H,22,24). The number of carbonyl (C=O) groups excluding carboxylic acids is 3. The Morgan fingerprint density at radius 2 is 1.73 bits per heavy atom. The summed E-state index contributed by atoms with van der Waals surface area (Å²) in [5.74, 6) is -0.842. The summed E-state index contributed by atoms with van der Waals surface area (Å²) in [5.41, 5.74) is 1.79. The highest BCUT2D eigenvalue weighted by molar-refractivity contribution is 8.18. The van der Waals surface area contributed by atoms with Crippen LogP contribution in [0.1, 0.15) is 21.5 Å². The number of sulfone groups is 1. The highest BCUT2D eigenvalue weighted by Crippen LogP contribution is 2.31. The maximum absolute atomic E-state index is 12.5. The Morgan fingerprint density at radius 3 is 2.37 bits per heavy atom. The molecule has 1 saturated heterocycles. The molecule has 0 radical (unpaired) electrons. The van der Waals surface area contributed by atoms with Crippen LogP contribution in [0, 0.1) is 0 Å². The quantitative estimate of drug-likeness (QED) is 0.659. The van der Waals surface area contributed by atoms with Crippen LogP contribution >= 0.6 is 11.8 Å². The van der Waals surface area contributed by atoms with Crippen LogP contribution in [0.5, 0.6) is 0 Å². The number of carbonyl (C=O) groups is 3. The zero-order chi connectivity index (χ0) is 21.7. The summed E-state index contributed by atoms with van der Waals surface area (Å²) in [4.78, 5) is 38.3. The molecule has 0 bridgehead atoms. The molecule has 1 fully saturated rings. The number of thioether (sulfide) groups is 1. The van der Waals surface area contributed by atoms with Crippen LogP contribution in [0.4, 0.5) is 4.79 Å². The van der Waals surface area contributed by atoms with Gasteiger partial charge in [-0.05, 0) is 41.1 Å². The van der Waals surface area contributed by atoms with Crippen molar-refractivity contribution < 1.29 is 22.8 Å². The Morgan fingerprint density at radius 1 is 1.07 bits per heavy atom. The minimum Gasteiger partial charge on any atom is -0.350 e. The van der Waals surface area contributed by atoms with Gasteiger partial charge >= 0.3 is 0 Å². The molecule has 1 aliphatic rings. The van der Waals surface area contributed by atoms with Gasteiger partial charge in [0.2, 0.25) is 0 Å². The predicted molar refractivity (Wildman–Crippen MR) is 116 cm³/mol. The topological polar surface area (TPSA) is 101 Å². The van der Waals surface area contributed by atoms with Gasteiger partial charge in [0.25, 0.3) is 17.1 Å². The first-order valence-corrected chi connectivity index (χ1v) is 12.0. The van der Waals surface area contributed by atoms with E-state index in [9.17, 15) is 22.8 Å². The molecule has 3 rings (SSSR count). The smallest absolute Gasteiger partial charge is 0.293 e. The van der Waals surface area contributed by atoms with Gasteiger partial charge in [0, 0.05) is 24.9 Å². The zero-order valence-electron chi connectivity index (χ0n) is 16.2. The van der Waals surface area contributed by atoms with Gasteiger partial charge in [-0.2, -0.15) is 0 Å². The van der Waals surface area contributed by atoms with Gasteiger partial charge in [0.05, 0.1) is 10.7 Å². The molecule has 0 unspecified atom stereocenters. The number of hydrogen-bond donors (Lipinski definition) is 1. The third-order valence-corrected chi connectivity index (χ3v) is 6.00. The fraction of sp³-hybridized carbons (Fsp3) is 0.190. The van der Waals surface area contributed by atoms with E-state index in [1.54, 1.807) is 30.3 Å². The molecule has 156 valence electrons. The van der Waals surface area contributed by atoms with Crippen LogP contribution in [-0.2, 0) is 20.4 Å². The van der Waals surface area contributed by atoms with E-state index in [4.69, 9.17) is 0 Å². The van der Waals surface area contributed by atoms with E-state index >= 15 is 0 Å². The highest BCUT2D eigenvalue weighted by Gasteiger charge is 2.34. The zero-order valence-corrected chi connectivity index (χ0v) is 17.8. The minimum atomic E-state index is -3.15. The molecule has 9 heteroatoms. The minimum absolute atomic E-state index is 0.0642. The van der Waals surface area contributed by atoms with Crippen LogP contribution in [0.25, 0.3) is 6.08 Å². The summed E-state index contributed by atoms with van der Waals surface area (Å²) in [6.45, 7) is 0.176. The average molecular weight is 445 g/mol. The first-order valence-electron chi connectivity index (χ1n) is 9.08. The van der Waals surface area contributed by atoms with E-state index in [0.29, 0.717) is 16.0 Å². The number of amides is 3. The van der Waals surface area contributed by atoms with Crippen molar-refractivity contribution in [3.8, 4) is 0 Å². The number of benzene rings is 2. The molecule has 0 aromatic heterocycles. The van der Waals surface area contributed by atoms with Gasteiger partial charge in [0.1, 0.15) is 0 Å². The van der Waals surface area contributed by atoms with E-state index in [1.807, 2.05) is 30.3 Å². The number of nitrogens with zero attached hydrogens (tertiary/aromatic N) is 1. The molecular weight excluding hydrogens is 424 g/mol. The Hall–Kier alpha value is -2.91. The van der Waals surface area contributed by atoms with E-state index in [1.165, 1.54) is 0 Å². The SMILES string of the molecule is CS(=O)(=O)Cc1ccc(C(=O)NCCN2C(=O)SC(=Cc3ccccc3)C2=O)cc1. The normalized spacial score (nSPS) is 15.6. The van der Waals surface area contributed by atoms with Crippen LogP contribution in [-0.4, -0.2) is 49.7 Å². The van der Waals surface area contributed by atoms with Gasteiger partial charge in [-0.3, -0.25) is 19.3 Å². The Labute approximate surface area is 179 Å². The Bertz CT molecular complexity index is 1090. The first kappa shape index (κ1) is 21.8. The number of nitrogens with one attached hydrogen (secondary N) is 1. The van der Waals surface area contributed by atoms with Crippen molar-refractivity contribution in [2.45, 2.75) is 5.75 Å². The average Bonchev–Trinajstić information content (AvgIpc) is 2.95. The molecule has 1 aliphatic heterocycles. The monoisotopic (exact) mass is 444 g/mol. The summed E-state index contributed by atoms with van der Waals surface area (Å²) >= 11 is 0.875. The van der Waals surface area contributed by atoms with Gasteiger partial charge in [-0.1, -0.05) is 42.5 Å². The Balaban J connectivity index is 1.54. The second-order valence-electron chi connectivity index (χ2n) is 6.77. The lowest BCUT2D eigenvalue weighted by Gasteiger charge is -2.13. The number of rotatable bonds is 7. The molecular formula is C21H20N2O5S2. The second-order valence-corrected chi connectivity index (χ2v) is 9.90. The maximum Gasteiger partial charge on any atom is 0.293 e. The van der Waals surface area contributed by atoms with E-state index < -0.39 is 9.84 Å². The number of imide groups is 1. The highest BCUT2D eigenvalue weighted by atomic mass is 32.2. The van der Waals surface area contributed by atoms with Gasteiger partial charge in [-0.25, -0.2) is 8.42 Å². The summed E-state index contributed by atoms with van der Waals surface area (Å²) in [7, 11) is -3.15. The lowest BCUT2D eigenvalue weighted by Crippen LogP contribution is -2.37. The molecule has 1 N–H and O–H groups in total. The van der Waals surface area contributed by atoms with Gasteiger partial charge in [0.15, 0.2) is 9.84 Å². The molecule has 7 nitrogen and oxygen atoms in total. The Kier molecular flexibility index (Phi) is 6.73. The lowest BCUT2D eigenvalue weighted by molar-refractivity contribution is -0.122.